The number of cyclic esters (lactones) is 3. The van der Waals surface area contributed by atoms with Crippen molar-refractivity contribution in [2.75, 3.05) is 0 Å². The Labute approximate surface area is 224 Å². The first kappa shape index (κ1) is 24.2. The Morgan fingerprint density at radius 1 is 0.538 bits per heavy atom. The van der Waals surface area contributed by atoms with Gasteiger partial charge in [0.15, 0.2) is 0 Å². The summed E-state index contributed by atoms with van der Waals surface area (Å²) in [7, 11) is 0. The molecule has 4 aromatic carbocycles. The van der Waals surface area contributed by atoms with E-state index < -0.39 is 17.9 Å². The van der Waals surface area contributed by atoms with Crippen LogP contribution >= 0.6 is 0 Å². The van der Waals surface area contributed by atoms with Crippen molar-refractivity contribution in [1.29, 1.82) is 0 Å². The standard InChI is InChI=1S/C32H22O7/c1-18-27-16-23(12-14-25(27)29(33)36-18)37-21-8-4-19(5-9-21)32(2,3)20-6-10-22(11-7-20)38-24-13-15-26-28(17-24)31(35)39-30(26)34/h4-17H,1H2,2-3H3. The van der Waals surface area contributed by atoms with Gasteiger partial charge in [-0.25, -0.2) is 14.4 Å². The number of fused-ring (bicyclic) bond motifs is 2. The lowest BCUT2D eigenvalue weighted by molar-refractivity contribution is 0.0443. The van der Waals surface area contributed by atoms with E-state index in [1.807, 2.05) is 48.5 Å². The molecule has 0 saturated heterocycles. The van der Waals surface area contributed by atoms with Crippen LogP contribution in [0.25, 0.3) is 5.76 Å². The third-order valence-corrected chi connectivity index (χ3v) is 6.97. The van der Waals surface area contributed by atoms with Crippen LogP contribution in [0, 0.1) is 0 Å². The molecular formula is C32H22O7. The average Bonchev–Trinajstić information content (AvgIpc) is 3.37. The maximum Gasteiger partial charge on any atom is 0.347 e. The first-order chi connectivity index (χ1) is 18.7. The van der Waals surface area contributed by atoms with Gasteiger partial charge in [0.2, 0.25) is 0 Å². The zero-order valence-corrected chi connectivity index (χ0v) is 21.1. The van der Waals surface area contributed by atoms with Gasteiger partial charge in [0.1, 0.15) is 28.8 Å². The fourth-order valence-corrected chi connectivity index (χ4v) is 4.66. The monoisotopic (exact) mass is 518 g/mol. The molecule has 0 atom stereocenters. The minimum atomic E-state index is -0.668. The lowest BCUT2D eigenvalue weighted by Crippen LogP contribution is -2.18. The van der Waals surface area contributed by atoms with Crippen molar-refractivity contribution in [3.63, 3.8) is 0 Å². The summed E-state index contributed by atoms with van der Waals surface area (Å²) in [6.45, 7) is 8.03. The molecule has 0 unspecified atom stereocenters. The maximum atomic E-state index is 11.8. The van der Waals surface area contributed by atoms with E-state index in [1.165, 1.54) is 12.1 Å². The third kappa shape index (κ3) is 4.34. The van der Waals surface area contributed by atoms with Crippen molar-refractivity contribution in [3.05, 3.63) is 125 Å². The van der Waals surface area contributed by atoms with Crippen LogP contribution in [0.4, 0.5) is 0 Å². The Bertz CT molecular complexity index is 1550. The molecule has 0 radical (unpaired) electrons. The molecule has 2 heterocycles. The van der Waals surface area contributed by atoms with E-state index in [1.54, 1.807) is 24.3 Å². The van der Waals surface area contributed by atoms with Gasteiger partial charge >= 0.3 is 17.9 Å². The molecule has 2 aliphatic rings. The zero-order valence-electron chi connectivity index (χ0n) is 21.1. The Morgan fingerprint density at radius 3 is 1.49 bits per heavy atom. The number of ether oxygens (including phenoxy) is 4. The second kappa shape index (κ2) is 8.99. The SMILES string of the molecule is C=C1OC(=O)c2ccc(Oc3ccc(C(C)(C)c4ccc(Oc5ccc6c(c5)C(=O)OC6=O)cc4)cc3)cc21. The fraction of sp³-hybridized carbons (Fsp3) is 0.0938. The van der Waals surface area contributed by atoms with Crippen LogP contribution < -0.4 is 9.47 Å². The van der Waals surface area contributed by atoms with E-state index >= 15 is 0 Å². The summed E-state index contributed by atoms with van der Waals surface area (Å²) in [6, 6.07) is 25.4. The number of hydrogen-bond donors (Lipinski definition) is 0. The second-order valence-corrected chi connectivity index (χ2v) is 9.78. The maximum absolute atomic E-state index is 11.8. The molecule has 4 aromatic rings. The number of hydrogen-bond acceptors (Lipinski definition) is 7. The van der Waals surface area contributed by atoms with Gasteiger partial charge < -0.3 is 18.9 Å². The van der Waals surface area contributed by atoms with Gasteiger partial charge in [-0.15, -0.1) is 0 Å². The average molecular weight is 519 g/mol. The van der Waals surface area contributed by atoms with Gasteiger partial charge in [-0.2, -0.15) is 0 Å². The summed E-state index contributed by atoms with van der Waals surface area (Å²) < 4.78 is 21.6. The highest BCUT2D eigenvalue weighted by Crippen LogP contribution is 2.36. The van der Waals surface area contributed by atoms with E-state index in [0.717, 1.165) is 11.1 Å². The normalized spacial score (nSPS) is 14.0. The van der Waals surface area contributed by atoms with Gasteiger partial charge in [-0.1, -0.05) is 44.7 Å². The van der Waals surface area contributed by atoms with Gasteiger partial charge in [0.05, 0.1) is 16.7 Å². The summed E-state index contributed by atoms with van der Waals surface area (Å²) >= 11 is 0. The van der Waals surface area contributed by atoms with E-state index in [0.29, 0.717) is 39.9 Å². The minimum absolute atomic E-state index is 0.202. The van der Waals surface area contributed by atoms with Gasteiger partial charge in [0.25, 0.3) is 0 Å². The van der Waals surface area contributed by atoms with Crippen LogP contribution in [-0.2, 0) is 14.9 Å². The highest BCUT2D eigenvalue weighted by atomic mass is 16.6. The van der Waals surface area contributed by atoms with E-state index in [-0.39, 0.29) is 16.5 Å². The van der Waals surface area contributed by atoms with Crippen LogP contribution in [0.15, 0.2) is 91.5 Å². The Kier molecular flexibility index (Phi) is 5.57. The van der Waals surface area contributed by atoms with Gasteiger partial charge in [-0.3, -0.25) is 0 Å². The van der Waals surface area contributed by atoms with Crippen molar-refractivity contribution >= 4 is 23.7 Å². The molecule has 0 bridgehead atoms. The summed E-state index contributed by atoms with van der Waals surface area (Å²) in [6.07, 6.45) is 0. The lowest BCUT2D eigenvalue weighted by atomic mass is 9.78. The molecule has 0 amide bonds. The summed E-state index contributed by atoms with van der Waals surface area (Å²) in [5, 5.41) is 0. The minimum Gasteiger partial charge on any atom is -0.457 e. The molecule has 39 heavy (non-hydrogen) atoms. The summed E-state index contributed by atoms with van der Waals surface area (Å²) in [5.74, 6) is 0.891. The van der Waals surface area contributed by atoms with Crippen LogP contribution in [-0.4, -0.2) is 17.9 Å². The molecule has 0 aliphatic carbocycles. The number of carbonyl (C=O) groups excluding carboxylic acids is 3. The number of carbonyl (C=O) groups is 3. The third-order valence-electron chi connectivity index (χ3n) is 6.97. The molecule has 7 nitrogen and oxygen atoms in total. The molecule has 7 heteroatoms. The Hall–Kier alpha value is -5.17. The molecule has 0 saturated carbocycles. The van der Waals surface area contributed by atoms with Crippen molar-refractivity contribution < 1.29 is 33.3 Å². The van der Waals surface area contributed by atoms with E-state index in [4.69, 9.17) is 14.2 Å². The molecule has 0 aromatic heterocycles. The van der Waals surface area contributed by atoms with E-state index in [9.17, 15) is 14.4 Å². The van der Waals surface area contributed by atoms with Crippen molar-refractivity contribution in [1.82, 2.24) is 0 Å². The number of benzene rings is 4. The molecule has 2 aliphatic heterocycles. The summed E-state index contributed by atoms with van der Waals surface area (Å²) in [4.78, 5) is 35.3. The number of rotatable bonds is 6. The molecule has 192 valence electrons. The smallest absolute Gasteiger partial charge is 0.347 e. The molecule has 0 fully saturated rings. The largest absolute Gasteiger partial charge is 0.457 e. The van der Waals surface area contributed by atoms with Crippen LogP contribution in [0.3, 0.4) is 0 Å². The quantitative estimate of drug-likeness (QED) is 0.200. The highest BCUT2D eigenvalue weighted by molar-refractivity contribution is 6.14. The Balaban J connectivity index is 1.15. The fourth-order valence-electron chi connectivity index (χ4n) is 4.66. The topological polar surface area (TPSA) is 88.1 Å². The first-order valence-electron chi connectivity index (χ1n) is 12.2. The highest BCUT2D eigenvalue weighted by Gasteiger charge is 2.30. The Morgan fingerprint density at radius 2 is 0.949 bits per heavy atom. The van der Waals surface area contributed by atoms with Gasteiger partial charge in [-0.05, 0) is 71.8 Å². The van der Waals surface area contributed by atoms with Crippen LogP contribution in [0.1, 0.15) is 61.6 Å². The van der Waals surface area contributed by atoms with Gasteiger partial charge in [0, 0.05) is 11.0 Å². The second-order valence-electron chi connectivity index (χ2n) is 9.78. The van der Waals surface area contributed by atoms with Crippen molar-refractivity contribution in [3.8, 4) is 23.0 Å². The van der Waals surface area contributed by atoms with Crippen molar-refractivity contribution in [2.45, 2.75) is 19.3 Å². The van der Waals surface area contributed by atoms with Crippen LogP contribution in [0.2, 0.25) is 0 Å². The number of esters is 3. The predicted molar refractivity (Wildman–Crippen MR) is 142 cm³/mol. The summed E-state index contributed by atoms with van der Waals surface area (Å²) in [5.41, 5.74) is 3.42. The molecule has 0 N–H and O–H groups in total. The van der Waals surface area contributed by atoms with Crippen LogP contribution in [0.5, 0.6) is 23.0 Å². The first-order valence-corrected chi connectivity index (χ1v) is 12.2. The predicted octanol–water partition coefficient (Wildman–Crippen LogP) is 7.05. The lowest BCUT2D eigenvalue weighted by Gasteiger charge is -2.26. The van der Waals surface area contributed by atoms with Crippen molar-refractivity contribution in [2.24, 2.45) is 0 Å². The van der Waals surface area contributed by atoms with E-state index in [2.05, 4.69) is 25.2 Å². The molecular weight excluding hydrogens is 496 g/mol. The zero-order chi connectivity index (χ0) is 27.3. The molecule has 0 spiro atoms. The molecule has 6 rings (SSSR count).